The Hall–Kier alpha value is -2.96. The Balaban J connectivity index is 2.23. The molecular weight excluding hydrogens is 291 g/mol. The highest BCUT2D eigenvalue weighted by Gasteiger charge is 2.17. The number of halogens is 1. The van der Waals surface area contributed by atoms with Gasteiger partial charge in [-0.25, -0.2) is 9.18 Å². The quantitative estimate of drug-likeness (QED) is 0.521. The van der Waals surface area contributed by atoms with E-state index < -0.39 is 10.9 Å². The van der Waals surface area contributed by atoms with Gasteiger partial charge in [0.05, 0.1) is 17.6 Å². The van der Waals surface area contributed by atoms with Crippen molar-refractivity contribution in [2.24, 2.45) is 0 Å². The van der Waals surface area contributed by atoms with Crippen molar-refractivity contribution in [3.63, 3.8) is 0 Å². The first-order valence-corrected chi connectivity index (χ1v) is 6.36. The molecule has 0 aliphatic rings. The van der Waals surface area contributed by atoms with Crippen LogP contribution in [0.3, 0.4) is 0 Å². The molecule has 7 heteroatoms. The normalized spacial score (nSPS) is 10.1. The van der Waals surface area contributed by atoms with Gasteiger partial charge in [0.15, 0.2) is 0 Å². The Bertz CT molecular complexity index is 718. The summed E-state index contributed by atoms with van der Waals surface area (Å²) in [5.41, 5.74) is 0.720. The van der Waals surface area contributed by atoms with E-state index in [0.717, 1.165) is 6.07 Å². The number of rotatable bonds is 5. The van der Waals surface area contributed by atoms with Crippen molar-refractivity contribution in [2.75, 3.05) is 12.4 Å². The molecule has 1 N–H and O–H groups in total. The molecule has 114 valence electrons. The van der Waals surface area contributed by atoms with Crippen LogP contribution in [-0.4, -0.2) is 18.0 Å². The Labute approximate surface area is 125 Å². The number of nitro groups is 1. The van der Waals surface area contributed by atoms with Crippen molar-refractivity contribution in [2.45, 2.75) is 6.54 Å². The van der Waals surface area contributed by atoms with Gasteiger partial charge in [-0.2, -0.15) is 0 Å². The third-order valence-corrected chi connectivity index (χ3v) is 2.99. The number of carbonyl (C=O) groups excluding carboxylic acids is 1. The Morgan fingerprint density at radius 2 is 2.09 bits per heavy atom. The van der Waals surface area contributed by atoms with Crippen LogP contribution in [-0.2, 0) is 11.3 Å². The third-order valence-electron chi connectivity index (χ3n) is 2.99. The number of esters is 1. The van der Waals surface area contributed by atoms with Crippen molar-refractivity contribution < 1.29 is 18.8 Å². The highest BCUT2D eigenvalue weighted by Crippen LogP contribution is 2.26. The second-order valence-electron chi connectivity index (χ2n) is 4.46. The second-order valence-corrected chi connectivity index (χ2v) is 4.46. The molecule has 0 radical (unpaired) electrons. The maximum absolute atomic E-state index is 13.1. The number of benzene rings is 2. The zero-order valence-corrected chi connectivity index (χ0v) is 11.7. The molecule has 0 bridgehead atoms. The predicted octanol–water partition coefficient (Wildman–Crippen LogP) is 3.13. The fourth-order valence-corrected chi connectivity index (χ4v) is 1.92. The number of nitro benzene ring substituents is 1. The van der Waals surface area contributed by atoms with E-state index in [2.05, 4.69) is 10.1 Å². The van der Waals surface area contributed by atoms with Gasteiger partial charge in [-0.3, -0.25) is 10.1 Å². The summed E-state index contributed by atoms with van der Waals surface area (Å²) in [5, 5.41) is 14.0. The van der Waals surface area contributed by atoms with Crippen LogP contribution < -0.4 is 5.32 Å². The van der Waals surface area contributed by atoms with Gasteiger partial charge in [0.25, 0.3) is 5.69 Å². The summed E-state index contributed by atoms with van der Waals surface area (Å²) < 4.78 is 17.6. The van der Waals surface area contributed by atoms with Gasteiger partial charge in [0.1, 0.15) is 11.5 Å². The molecular formula is C15H13FN2O4. The number of carbonyl (C=O) groups is 1. The van der Waals surface area contributed by atoms with Gasteiger partial charge in [-0.15, -0.1) is 0 Å². The van der Waals surface area contributed by atoms with Crippen molar-refractivity contribution >= 4 is 17.3 Å². The summed E-state index contributed by atoms with van der Waals surface area (Å²) in [6.45, 7) is 0.218. The molecule has 0 aromatic heterocycles. The number of nitrogens with zero attached hydrogens (tertiary/aromatic N) is 1. The van der Waals surface area contributed by atoms with E-state index in [9.17, 15) is 19.3 Å². The minimum atomic E-state index is -0.653. The lowest BCUT2D eigenvalue weighted by Gasteiger charge is -2.08. The fourth-order valence-electron chi connectivity index (χ4n) is 1.92. The van der Waals surface area contributed by atoms with E-state index in [0.29, 0.717) is 5.56 Å². The maximum Gasteiger partial charge on any atom is 0.338 e. The first kappa shape index (κ1) is 15.4. The highest BCUT2D eigenvalue weighted by atomic mass is 19.1. The number of hydrogen-bond acceptors (Lipinski definition) is 5. The van der Waals surface area contributed by atoms with E-state index >= 15 is 0 Å². The molecule has 22 heavy (non-hydrogen) atoms. The summed E-state index contributed by atoms with van der Waals surface area (Å²) in [4.78, 5) is 21.9. The van der Waals surface area contributed by atoms with Crippen LogP contribution in [0.15, 0.2) is 42.5 Å². The molecule has 0 atom stereocenters. The molecule has 2 aromatic rings. The average molecular weight is 304 g/mol. The van der Waals surface area contributed by atoms with Crippen molar-refractivity contribution in [3.05, 3.63) is 69.5 Å². The minimum absolute atomic E-state index is 0.0884. The standard InChI is InChI=1S/C15H13FN2O4/c1-22-15(19)11-5-6-13(14(8-11)18(20)21)17-9-10-3-2-4-12(16)7-10/h2-8,17H,9H2,1H3. The fraction of sp³-hybridized carbons (Fsp3) is 0.133. The molecule has 0 saturated heterocycles. The predicted molar refractivity (Wildman–Crippen MR) is 78.2 cm³/mol. The molecule has 0 aliphatic heterocycles. The number of hydrogen-bond donors (Lipinski definition) is 1. The molecule has 0 fully saturated rings. The van der Waals surface area contributed by atoms with Gasteiger partial charge < -0.3 is 10.1 Å². The molecule has 0 unspecified atom stereocenters. The van der Waals surface area contributed by atoms with E-state index in [4.69, 9.17) is 0 Å². The molecule has 0 saturated carbocycles. The highest BCUT2D eigenvalue weighted by molar-refractivity contribution is 5.91. The molecule has 2 aromatic carbocycles. The third kappa shape index (κ3) is 3.57. The van der Waals surface area contributed by atoms with Gasteiger partial charge in [-0.1, -0.05) is 12.1 Å². The van der Waals surface area contributed by atoms with E-state index in [1.165, 1.54) is 31.4 Å². The first-order valence-electron chi connectivity index (χ1n) is 6.36. The van der Waals surface area contributed by atoms with Gasteiger partial charge >= 0.3 is 5.97 Å². The monoisotopic (exact) mass is 304 g/mol. The number of ether oxygens (including phenoxy) is 1. The van der Waals surface area contributed by atoms with E-state index in [1.54, 1.807) is 12.1 Å². The maximum atomic E-state index is 13.1. The Morgan fingerprint density at radius 3 is 2.73 bits per heavy atom. The summed E-state index contributed by atoms with van der Waals surface area (Å²) in [5.74, 6) is -1.03. The lowest BCUT2D eigenvalue weighted by molar-refractivity contribution is -0.384. The topological polar surface area (TPSA) is 81.5 Å². The summed E-state index contributed by atoms with van der Waals surface area (Å²) in [7, 11) is 1.20. The molecule has 2 rings (SSSR count). The van der Waals surface area contributed by atoms with Crippen LogP contribution in [0.4, 0.5) is 15.8 Å². The molecule has 0 spiro atoms. The Kier molecular flexibility index (Phi) is 4.67. The van der Waals surface area contributed by atoms with Crippen molar-refractivity contribution in [1.82, 2.24) is 0 Å². The Morgan fingerprint density at radius 1 is 1.32 bits per heavy atom. The lowest BCUT2D eigenvalue weighted by atomic mass is 10.1. The van der Waals surface area contributed by atoms with Crippen LogP contribution in [0.2, 0.25) is 0 Å². The van der Waals surface area contributed by atoms with Gasteiger partial charge in [0.2, 0.25) is 0 Å². The zero-order valence-electron chi connectivity index (χ0n) is 11.7. The zero-order chi connectivity index (χ0) is 16.1. The van der Waals surface area contributed by atoms with Crippen LogP contribution in [0, 0.1) is 15.9 Å². The van der Waals surface area contributed by atoms with Crippen LogP contribution in [0.5, 0.6) is 0 Å². The molecule has 0 aliphatic carbocycles. The van der Waals surface area contributed by atoms with Crippen LogP contribution in [0.1, 0.15) is 15.9 Å². The molecule has 0 heterocycles. The van der Waals surface area contributed by atoms with Crippen molar-refractivity contribution in [3.8, 4) is 0 Å². The van der Waals surface area contributed by atoms with Gasteiger partial charge in [0, 0.05) is 12.6 Å². The summed E-state index contributed by atoms with van der Waals surface area (Å²) >= 11 is 0. The van der Waals surface area contributed by atoms with Gasteiger partial charge in [-0.05, 0) is 29.8 Å². The van der Waals surface area contributed by atoms with E-state index in [1.807, 2.05) is 0 Å². The largest absolute Gasteiger partial charge is 0.465 e. The van der Waals surface area contributed by atoms with Crippen molar-refractivity contribution in [1.29, 1.82) is 0 Å². The van der Waals surface area contributed by atoms with E-state index in [-0.39, 0.29) is 29.3 Å². The second kappa shape index (κ2) is 6.66. The number of methoxy groups -OCH3 is 1. The molecule has 6 nitrogen and oxygen atoms in total. The minimum Gasteiger partial charge on any atom is -0.465 e. The number of anilines is 1. The average Bonchev–Trinajstić information content (AvgIpc) is 2.52. The van der Waals surface area contributed by atoms with Crippen LogP contribution >= 0.6 is 0 Å². The summed E-state index contributed by atoms with van der Waals surface area (Å²) in [6.07, 6.45) is 0. The number of nitrogens with one attached hydrogen (secondary N) is 1. The SMILES string of the molecule is COC(=O)c1ccc(NCc2cccc(F)c2)c([N+](=O)[O-])c1. The van der Waals surface area contributed by atoms with Crippen LogP contribution in [0.25, 0.3) is 0 Å². The lowest BCUT2D eigenvalue weighted by Crippen LogP contribution is -2.06. The molecule has 0 amide bonds. The first-order chi connectivity index (χ1) is 10.5. The smallest absolute Gasteiger partial charge is 0.338 e. The summed E-state index contributed by atoms with van der Waals surface area (Å²) in [6, 6.07) is 9.89.